The molecular formula is C12H11Cl2N. The van der Waals surface area contributed by atoms with Gasteiger partial charge in [0, 0.05) is 11.3 Å². The van der Waals surface area contributed by atoms with Gasteiger partial charge < -0.3 is 0 Å². The summed E-state index contributed by atoms with van der Waals surface area (Å²) in [7, 11) is 0. The molecule has 0 amide bonds. The van der Waals surface area contributed by atoms with Gasteiger partial charge in [-0.25, -0.2) is 4.98 Å². The van der Waals surface area contributed by atoms with Gasteiger partial charge in [0.25, 0.3) is 0 Å². The molecule has 0 radical (unpaired) electrons. The van der Waals surface area contributed by atoms with Crippen LogP contribution in [0.4, 0.5) is 0 Å². The Kier molecular flexibility index (Phi) is 4.60. The third-order valence-electron chi connectivity index (χ3n) is 2.00. The summed E-state index contributed by atoms with van der Waals surface area (Å²) in [4.78, 5) is 4.47. The molecule has 0 N–H and O–H groups in total. The van der Waals surface area contributed by atoms with Crippen molar-refractivity contribution in [2.75, 3.05) is 5.88 Å². The van der Waals surface area contributed by atoms with E-state index in [1.54, 1.807) is 0 Å². The van der Waals surface area contributed by atoms with Gasteiger partial charge in [0.2, 0.25) is 0 Å². The van der Waals surface area contributed by atoms with Crippen molar-refractivity contribution in [3.63, 3.8) is 0 Å². The molecule has 78 valence electrons. The van der Waals surface area contributed by atoms with Crippen molar-refractivity contribution < 1.29 is 0 Å². The first-order valence-electron chi connectivity index (χ1n) is 4.48. The highest BCUT2D eigenvalue weighted by Gasteiger charge is 1.93. The van der Waals surface area contributed by atoms with Gasteiger partial charge >= 0.3 is 0 Å². The number of allylic oxidation sites excluding steroid dienone is 1. The van der Waals surface area contributed by atoms with E-state index < -0.39 is 0 Å². The van der Waals surface area contributed by atoms with E-state index in [1.165, 1.54) is 0 Å². The molecule has 0 atom stereocenters. The number of rotatable bonds is 2. The molecule has 3 heteroatoms. The maximum absolute atomic E-state index is 5.56. The molecule has 0 saturated heterocycles. The second kappa shape index (κ2) is 5.74. The minimum atomic E-state index is 0. The molecular weight excluding hydrogens is 229 g/mol. The summed E-state index contributed by atoms with van der Waals surface area (Å²) in [6, 6.07) is 12.1. The van der Waals surface area contributed by atoms with E-state index in [0.717, 1.165) is 16.6 Å². The largest absolute Gasteiger partial charge is 0.248 e. The van der Waals surface area contributed by atoms with Crippen molar-refractivity contribution >= 4 is 41.0 Å². The molecule has 0 bridgehead atoms. The lowest BCUT2D eigenvalue weighted by atomic mass is 10.2. The fourth-order valence-electron chi connectivity index (χ4n) is 1.34. The van der Waals surface area contributed by atoms with Crippen molar-refractivity contribution in [1.82, 2.24) is 4.98 Å². The monoisotopic (exact) mass is 239 g/mol. The molecule has 0 unspecified atom stereocenters. The summed E-state index contributed by atoms with van der Waals surface area (Å²) >= 11 is 5.56. The SMILES string of the molecule is Cl.ClC/C=C/c1ccc2ccccc2n1. The fraction of sp³-hybridized carbons (Fsp3) is 0.0833. The van der Waals surface area contributed by atoms with E-state index in [9.17, 15) is 0 Å². The lowest BCUT2D eigenvalue weighted by molar-refractivity contribution is 1.37. The fourth-order valence-corrected chi connectivity index (χ4v) is 1.43. The highest BCUT2D eigenvalue weighted by atomic mass is 35.5. The Balaban J connectivity index is 0.00000112. The predicted molar refractivity (Wildman–Crippen MR) is 68.7 cm³/mol. The predicted octanol–water partition coefficient (Wildman–Crippen LogP) is 3.91. The topological polar surface area (TPSA) is 12.9 Å². The van der Waals surface area contributed by atoms with Crippen molar-refractivity contribution in [2.45, 2.75) is 0 Å². The first-order chi connectivity index (χ1) is 6.90. The van der Waals surface area contributed by atoms with E-state index in [2.05, 4.69) is 17.1 Å². The average Bonchev–Trinajstić information content (AvgIpc) is 2.26. The van der Waals surface area contributed by atoms with Gasteiger partial charge in [0.1, 0.15) is 0 Å². The van der Waals surface area contributed by atoms with Gasteiger partial charge in [-0.05, 0) is 18.2 Å². The van der Waals surface area contributed by atoms with E-state index in [-0.39, 0.29) is 12.4 Å². The van der Waals surface area contributed by atoms with Crippen LogP contribution in [0.5, 0.6) is 0 Å². The number of para-hydroxylation sites is 1. The second-order valence-corrected chi connectivity index (χ2v) is 3.29. The molecule has 15 heavy (non-hydrogen) atoms. The van der Waals surface area contributed by atoms with Crippen molar-refractivity contribution in [3.05, 3.63) is 48.2 Å². The molecule has 1 aromatic heterocycles. The Morgan fingerprint density at radius 1 is 1.13 bits per heavy atom. The molecule has 1 aromatic carbocycles. The first kappa shape index (κ1) is 12.0. The minimum absolute atomic E-state index is 0. The maximum Gasteiger partial charge on any atom is 0.0709 e. The zero-order valence-corrected chi connectivity index (χ0v) is 9.63. The van der Waals surface area contributed by atoms with Crippen LogP contribution in [0.3, 0.4) is 0 Å². The first-order valence-corrected chi connectivity index (χ1v) is 5.02. The number of pyridine rings is 1. The molecule has 0 aliphatic heterocycles. The molecule has 0 spiro atoms. The summed E-state index contributed by atoms with van der Waals surface area (Å²) in [5, 5.41) is 1.16. The van der Waals surface area contributed by atoms with Gasteiger partial charge in [-0.3, -0.25) is 0 Å². The van der Waals surface area contributed by atoms with Gasteiger partial charge in [0.15, 0.2) is 0 Å². The molecule has 1 heterocycles. The van der Waals surface area contributed by atoms with Crippen LogP contribution in [-0.4, -0.2) is 10.9 Å². The minimum Gasteiger partial charge on any atom is -0.248 e. The highest BCUT2D eigenvalue weighted by Crippen LogP contribution is 2.12. The number of hydrogen-bond acceptors (Lipinski definition) is 1. The van der Waals surface area contributed by atoms with E-state index in [4.69, 9.17) is 11.6 Å². The lowest BCUT2D eigenvalue weighted by Crippen LogP contribution is -1.82. The van der Waals surface area contributed by atoms with Crippen LogP contribution in [0.15, 0.2) is 42.5 Å². The second-order valence-electron chi connectivity index (χ2n) is 2.99. The van der Waals surface area contributed by atoms with Crippen LogP contribution in [0.2, 0.25) is 0 Å². The maximum atomic E-state index is 5.56. The van der Waals surface area contributed by atoms with Crippen LogP contribution in [0.25, 0.3) is 17.0 Å². The number of fused-ring (bicyclic) bond motifs is 1. The number of nitrogens with zero attached hydrogens (tertiary/aromatic N) is 1. The van der Waals surface area contributed by atoms with E-state index in [1.807, 2.05) is 36.4 Å². The van der Waals surface area contributed by atoms with Crippen molar-refractivity contribution in [1.29, 1.82) is 0 Å². The number of halogens is 2. The smallest absolute Gasteiger partial charge is 0.0709 e. The Morgan fingerprint density at radius 2 is 1.93 bits per heavy atom. The normalized spacial score (nSPS) is 10.5. The quantitative estimate of drug-likeness (QED) is 0.725. The molecule has 2 aromatic rings. The molecule has 0 aliphatic carbocycles. The van der Waals surface area contributed by atoms with Crippen LogP contribution >= 0.6 is 24.0 Å². The van der Waals surface area contributed by atoms with Crippen molar-refractivity contribution in [3.8, 4) is 0 Å². The number of hydrogen-bond donors (Lipinski definition) is 0. The zero-order chi connectivity index (χ0) is 9.80. The Bertz CT molecular complexity index is 466. The van der Waals surface area contributed by atoms with Crippen LogP contribution in [0.1, 0.15) is 5.69 Å². The van der Waals surface area contributed by atoms with Gasteiger partial charge in [0.05, 0.1) is 11.2 Å². The molecule has 1 nitrogen and oxygen atoms in total. The van der Waals surface area contributed by atoms with Crippen LogP contribution in [-0.2, 0) is 0 Å². The number of aromatic nitrogens is 1. The summed E-state index contributed by atoms with van der Waals surface area (Å²) < 4.78 is 0. The summed E-state index contributed by atoms with van der Waals surface area (Å²) in [6.45, 7) is 0. The standard InChI is InChI=1S/C12H10ClN.ClH/c13-9-3-5-11-8-7-10-4-1-2-6-12(10)14-11;/h1-8H,9H2;1H/b5-3+;. The summed E-state index contributed by atoms with van der Waals surface area (Å²) in [5.74, 6) is 0.522. The van der Waals surface area contributed by atoms with Gasteiger partial charge in [-0.2, -0.15) is 0 Å². The van der Waals surface area contributed by atoms with Crippen LogP contribution < -0.4 is 0 Å². The third kappa shape index (κ3) is 2.95. The number of benzene rings is 1. The Labute approximate surface area is 100 Å². The van der Waals surface area contributed by atoms with E-state index >= 15 is 0 Å². The zero-order valence-electron chi connectivity index (χ0n) is 8.06. The summed E-state index contributed by atoms with van der Waals surface area (Å²) in [6.07, 6.45) is 3.82. The molecule has 0 fully saturated rings. The molecule has 2 rings (SSSR count). The van der Waals surface area contributed by atoms with Crippen molar-refractivity contribution in [2.24, 2.45) is 0 Å². The van der Waals surface area contributed by atoms with Crippen LogP contribution in [0, 0.1) is 0 Å². The Hall–Kier alpha value is -1.05. The Morgan fingerprint density at radius 3 is 2.73 bits per heavy atom. The van der Waals surface area contributed by atoms with E-state index in [0.29, 0.717) is 5.88 Å². The average molecular weight is 240 g/mol. The molecule has 0 saturated carbocycles. The lowest BCUT2D eigenvalue weighted by Gasteiger charge is -1.97. The highest BCUT2D eigenvalue weighted by molar-refractivity contribution is 6.19. The molecule has 0 aliphatic rings. The van der Waals surface area contributed by atoms with Gasteiger partial charge in [-0.15, -0.1) is 24.0 Å². The number of alkyl halides is 1. The third-order valence-corrected chi connectivity index (χ3v) is 2.18. The van der Waals surface area contributed by atoms with Gasteiger partial charge in [-0.1, -0.05) is 30.3 Å². The summed E-state index contributed by atoms with van der Waals surface area (Å²) in [5.41, 5.74) is 1.97.